The third-order valence-corrected chi connectivity index (χ3v) is 10.4. The minimum atomic E-state index is -5.16. The first-order valence-electron chi connectivity index (χ1n) is 7.55. The Morgan fingerprint density at radius 3 is 2.08 bits per heavy atom. The quantitative estimate of drug-likeness (QED) is 0.108. The molecule has 1 fully saturated rings. The Balaban J connectivity index is 2.95. The molecule has 1 radical (unpaired) electrons. The zero-order valence-corrected chi connectivity index (χ0v) is 16.0. The Hall–Kier alpha value is 0.0695. The third-order valence-electron chi connectivity index (χ3n) is 4.03. The van der Waals surface area contributed by atoms with Crippen LogP contribution in [0.2, 0.25) is 15.5 Å². The molecule has 1 aliphatic rings. The normalized spacial score (nSPS) is 30.7. The first-order chi connectivity index (χ1) is 11.9. The molecule has 14 heteroatoms. The molecule has 0 bridgehead atoms. The Kier molecular flexibility index (Phi) is 9.29. The number of hydrogen-bond acceptors (Lipinski definition) is 11. The Bertz CT molecular complexity index is 532. The van der Waals surface area contributed by atoms with Crippen molar-refractivity contribution in [2.75, 3.05) is 13.2 Å². The average Bonchev–Trinajstić information content (AvgIpc) is 2.82. The van der Waals surface area contributed by atoms with Gasteiger partial charge < -0.3 is 0 Å². The zero-order valence-electron chi connectivity index (χ0n) is 13.5. The van der Waals surface area contributed by atoms with Gasteiger partial charge in [-0.2, -0.15) is 0 Å². The first kappa shape index (κ1) is 24.1. The summed E-state index contributed by atoms with van der Waals surface area (Å²) in [5.41, 5.74) is 0. The van der Waals surface area contributed by atoms with Crippen LogP contribution in [-0.2, 0) is 14.6 Å². The van der Waals surface area contributed by atoms with Gasteiger partial charge in [-0.25, -0.2) is 0 Å². The second-order valence-corrected chi connectivity index (χ2v) is 11.9. The van der Waals surface area contributed by atoms with Crippen LogP contribution in [0.15, 0.2) is 0 Å². The van der Waals surface area contributed by atoms with Crippen LogP contribution in [0.25, 0.3) is 0 Å². The standard InChI is InChI=1S/C12H25O12SSe/c13-1-5(15)10(19)11(20)12(24-25(21,22)23)7(17)4-26-3-6(16)9(18)8(26)2-14/h5-20H,1-4H2,(H,21,22,23)/t5-,6+,7+,8+,9-,10+,11+,12+/m0/s1. The zero-order chi connectivity index (χ0) is 20.2. The second kappa shape index (κ2) is 10.0. The van der Waals surface area contributed by atoms with Crippen molar-refractivity contribution in [3.63, 3.8) is 0 Å². The molecule has 26 heavy (non-hydrogen) atoms. The molecule has 12 nitrogen and oxygen atoms in total. The molecule has 0 aliphatic carbocycles. The Morgan fingerprint density at radius 2 is 1.62 bits per heavy atom. The molecule has 9 N–H and O–H groups in total. The summed E-state index contributed by atoms with van der Waals surface area (Å²) in [6.07, 6.45) is -12.4. The molecule has 0 aromatic carbocycles. The van der Waals surface area contributed by atoms with Gasteiger partial charge in [-0.3, -0.25) is 0 Å². The maximum absolute atomic E-state index is 11.0. The van der Waals surface area contributed by atoms with Gasteiger partial charge >= 0.3 is 154 Å². The molecule has 1 saturated heterocycles. The van der Waals surface area contributed by atoms with E-state index in [1.54, 1.807) is 0 Å². The summed E-state index contributed by atoms with van der Waals surface area (Å²) in [5, 5.41) is 76.7. The van der Waals surface area contributed by atoms with Crippen LogP contribution in [0.1, 0.15) is 0 Å². The molecule has 1 aliphatic heterocycles. The van der Waals surface area contributed by atoms with E-state index in [2.05, 4.69) is 4.18 Å². The van der Waals surface area contributed by atoms with Gasteiger partial charge in [0.05, 0.1) is 0 Å². The van der Waals surface area contributed by atoms with Crippen molar-refractivity contribution in [2.45, 2.75) is 58.2 Å². The van der Waals surface area contributed by atoms with Crippen LogP contribution < -0.4 is 0 Å². The fraction of sp³-hybridized carbons (Fsp3) is 1.00. The second-order valence-electron chi connectivity index (χ2n) is 5.94. The Morgan fingerprint density at radius 1 is 1.04 bits per heavy atom. The first-order valence-corrected chi connectivity index (χ1v) is 12.3. The number of hydrogen-bond donors (Lipinski definition) is 9. The molecule has 157 valence electrons. The molecule has 1 heterocycles. The van der Waals surface area contributed by atoms with Crippen molar-refractivity contribution >= 4 is 24.3 Å². The monoisotopic (exact) mass is 473 g/mol. The SMILES string of the molecule is O=S(=O)(O)O[C@@H]([C@H](O)[C@H](O)[C@@H](O)CO)[C@H](O)C[Se]1C[C@@H](O)[C@H](O)[C@H]1CO. The predicted molar refractivity (Wildman–Crippen MR) is 85.8 cm³/mol. The molecule has 0 saturated carbocycles. The van der Waals surface area contributed by atoms with Crippen LogP contribution in [0, 0.1) is 0 Å². The van der Waals surface area contributed by atoms with E-state index >= 15 is 0 Å². The fourth-order valence-electron chi connectivity index (χ4n) is 2.62. The summed E-state index contributed by atoms with van der Waals surface area (Å²) in [7, 11) is -5.16. The van der Waals surface area contributed by atoms with E-state index in [1.807, 2.05) is 0 Å². The molecule has 0 amide bonds. The average molecular weight is 472 g/mol. The van der Waals surface area contributed by atoms with Gasteiger partial charge in [0, 0.05) is 0 Å². The van der Waals surface area contributed by atoms with Crippen molar-refractivity contribution < 1.29 is 58.0 Å². The minimum absolute atomic E-state index is 0.0833. The third kappa shape index (κ3) is 6.31. The molecule has 0 aromatic rings. The topological polar surface area (TPSA) is 225 Å². The van der Waals surface area contributed by atoms with Crippen LogP contribution in [0.5, 0.6) is 0 Å². The van der Waals surface area contributed by atoms with Crippen molar-refractivity contribution in [3.05, 3.63) is 0 Å². The molecule has 0 unspecified atom stereocenters. The van der Waals surface area contributed by atoms with Crippen molar-refractivity contribution in [3.8, 4) is 0 Å². The van der Waals surface area contributed by atoms with E-state index in [4.69, 9.17) is 9.66 Å². The van der Waals surface area contributed by atoms with E-state index in [0.29, 0.717) is 0 Å². The molecule has 1 rings (SSSR count). The number of aliphatic hydroxyl groups excluding tert-OH is 8. The van der Waals surface area contributed by atoms with Crippen molar-refractivity contribution in [1.82, 2.24) is 0 Å². The summed E-state index contributed by atoms with van der Waals surface area (Å²) >= 11 is -2.10. The number of aliphatic hydroxyl groups is 8. The van der Waals surface area contributed by atoms with Crippen LogP contribution >= 0.6 is 0 Å². The maximum atomic E-state index is 11.0. The molecular formula is C12H25O12SSe. The summed E-state index contributed by atoms with van der Waals surface area (Å²) in [6.45, 7) is -1.46. The summed E-state index contributed by atoms with van der Waals surface area (Å²) in [5.74, 6) is 0. The van der Waals surface area contributed by atoms with Gasteiger partial charge in [0.15, 0.2) is 0 Å². The van der Waals surface area contributed by atoms with Gasteiger partial charge in [0.2, 0.25) is 0 Å². The molecule has 0 aromatic heterocycles. The van der Waals surface area contributed by atoms with Gasteiger partial charge in [0.25, 0.3) is 0 Å². The van der Waals surface area contributed by atoms with Gasteiger partial charge in [-0.1, -0.05) is 0 Å². The van der Waals surface area contributed by atoms with Crippen LogP contribution in [-0.4, -0.2) is 124 Å². The van der Waals surface area contributed by atoms with Gasteiger partial charge in [0.1, 0.15) is 0 Å². The van der Waals surface area contributed by atoms with E-state index in [9.17, 15) is 44.2 Å². The summed E-state index contributed by atoms with van der Waals surface area (Å²) < 4.78 is 35.0. The Labute approximate surface area is 154 Å². The predicted octanol–water partition coefficient (Wildman–Crippen LogP) is -4.80. The summed E-state index contributed by atoms with van der Waals surface area (Å²) in [6, 6.07) is 0. The van der Waals surface area contributed by atoms with Crippen LogP contribution in [0.4, 0.5) is 0 Å². The van der Waals surface area contributed by atoms with E-state index in [1.165, 1.54) is 0 Å². The van der Waals surface area contributed by atoms with E-state index in [-0.39, 0.29) is 10.6 Å². The van der Waals surface area contributed by atoms with Crippen molar-refractivity contribution in [1.29, 1.82) is 0 Å². The van der Waals surface area contributed by atoms with Crippen LogP contribution in [0.3, 0.4) is 0 Å². The fourth-order valence-corrected chi connectivity index (χ4v) is 8.77. The van der Waals surface area contributed by atoms with Gasteiger partial charge in [-0.05, 0) is 0 Å². The molecule has 0 spiro atoms. The summed E-state index contributed by atoms with van der Waals surface area (Å²) in [4.78, 5) is -0.712. The molecular weight excluding hydrogens is 447 g/mol. The van der Waals surface area contributed by atoms with Crippen molar-refractivity contribution in [2.24, 2.45) is 0 Å². The molecule has 8 atom stereocenters. The van der Waals surface area contributed by atoms with E-state index in [0.717, 1.165) is 0 Å². The van der Waals surface area contributed by atoms with Gasteiger partial charge in [-0.15, -0.1) is 0 Å². The number of rotatable bonds is 10. The van der Waals surface area contributed by atoms with E-state index < -0.39 is 85.1 Å².